The van der Waals surface area contributed by atoms with E-state index in [1.165, 1.54) is 11.1 Å². The number of hydrogen-bond donors (Lipinski definition) is 2. The first-order valence-corrected chi connectivity index (χ1v) is 9.02. The summed E-state index contributed by atoms with van der Waals surface area (Å²) in [4.78, 5) is 2.44. The maximum Gasteiger partial charge on any atom is 0.119 e. The molecule has 25 heavy (non-hydrogen) atoms. The van der Waals surface area contributed by atoms with Gasteiger partial charge in [0.05, 0.1) is 13.2 Å². The lowest BCUT2D eigenvalue weighted by atomic mass is 9.81. The number of nitrogens with zero attached hydrogens (tertiary/aromatic N) is 1. The van der Waals surface area contributed by atoms with E-state index in [9.17, 15) is 10.2 Å². The number of aryl methyl sites for hydroxylation is 1. The summed E-state index contributed by atoms with van der Waals surface area (Å²) in [6.45, 7) is 2.83. The predicted octanol–water partition coefficient (Wildman–Crippen LogP) is 3.05. The van der Waals surface area contributed by atoms with Gasteiger partial charge in [-0.3, -0.25) is 4.90 Å². The minimum Gasteiger partial charge on any atom is -0.508 e. The molecule has 2 aromatic carbocycles. The van der Waals surface area contributed by atoms with Gasteiger partial charge in [0.25, 0.3) is 0 Å². The average molecular weight is 339 g/mol. The Kier molecular flexibility index (Phi) is 4.40. The zero-order chi connectivity index (χ0) is 17.4. The number of ether oxygens (including phenoxy) is 1. The van der Waals surface area contributed by atoms with Crippen molar-refractivity contribution < 1.29 is 14.9 Å². The molecular formula is C21H25NO3. The van der Waals surface area contributed by atoms with Crippen molar-refractivity contribution in [2.45, 2.75) is 31.9 Å². The van der Waals surface area contributed by atoms with E-state index in [0.29, 0.717) is 0 Å². The highest BCUT2D eigenvalue weighted by atomic mass is 16.5. The van der Waals surface area contributed by atoms with Crippen LogP contribution in [0.15, 0.2) is 36.4 Å². The minimum absolute atomic E-state index is 0.217. The first-order valence-electron chi connectivity index (χ1n) is 9.02. The normalized spacial score (nSPS) is 23.0. The second kappa shape index (κ2) is 6.70. The van der Waals surface area contributed by atoms with Gasteiger partial charge < -0.3 is 14.9 Å². The van der Waals surface area contributed by atoms with E-state index in [1.54, 1.807) is 19.2 Å². The highest BCUT2D eigenvalue weighted by molar-refractivity contribution is 5.39. The summed E-state index contributed by atoms with van der Waals surface area (Å²) in [6, 6.07) is 11.7. The number of aliphatic hydroxyl groups excluding tert-OH is 1. The molecule has 0 aromatic heterocycles. The number of phenols is 1. The van der Waals surface area contributed by atoms with Gasteiger partial charge in [-0.25, -0.2) is 0 Å². The largest absolute Gasteiger partial charge is 0.508 e. The van der Waals surface area contributed by atoms with Crippen molar-refractivity contribution in [3.05, 3.63) is 58.7 Å². The smallest absolute Gasteiger partial charge is 0.119 e. The predicted molar refractivity (Wildman–Crippen MR) is 96.9 cm³/mol. The molecule has 2 aliphatic rings. The lowest BCUT2D eigenvalue weighted by molar-refractivity contribution is 0.0620. The van der Waals surface area contributed by atoms with Crippen molar-refractivity contribution in [1.29, 1.82) is 0 Å². The monoisotopic (exact) mass is 339 g/mol. The van der Waals surface area contributed by atoms with Crippen molar-refractivity contribution in [2.75, 3.05) is 20.2 Å². The van der Waals surface area contributed by atoms with Crippen LogP contribution in [0.3, 0.4) is 0 Å². The molecule has 0 spiro atoms. The third-order valence-corrected chi connectivity index (χ3v) is 5.68. The molecule has 1 aliphatic carbocycles. The van der Waals surface area contributed by atoms with Gasteiger partial charge in [-0.05, 0) is 65.8 Å². The molecule has 2 N–H and O–H groups in total. The van der Waals surface area contributed by atoms with Crippen LogP contribution in [0, 0.1) is 5.92 Å². The standard InChI is InChI=1S/C21H25NO3/c1-25-19-7-5-16-12-22(9-8-15(16)10-19)13-17-3-2-14-4-6-18(23)11-20(14)21(17)24/h4-7,10-11,17,21,23-24H,2-3,8-9,12-13H2,1H3. The zero-order valence-corrected chi connectivity index (χ0v) is 14.6. The molecule has 0 saturated heterocycles. The molecule has 4 rings (SSSR count). The number of hydrogen-bond acceptors (Lipinski definition) is 4. The van der Waals surface area contributed by atoms with Crippen LogP contribution in [0.4, 0.5) is 0 Å². The van der Waals surface area contributed by atoms with E-state index in [4.69, 9.17) is 4.74 Å². The first kappa shape index (κ1) is 16.4. The summed E-state index contributed by atoms with van der Waals surface area (Å²) < 4.78 is 5.32. The maximum atomic E-state index is 10.8. The van der Waals surface area contributed by atoms with Crippen LogP contribution in [-0.2, 0) is 19.4 Å². The molecule has 2 unspecified atom stereocenters. The summed E-state index contributed by atoms with van der Waals surface area (Å²) in [6.07, 6.45) is 2.49. The Labute approximate surface area is 148 Å². The van der Waals surface area contributed by atoms with Crippen LogP contribution in [0.25, 0.3) is 0 Å². The Morgan fingerprint density at radius 1 is 1.08 bits per heavy atom. The highest BCUT2D eigenvalue weighted by Gasteiger charge is 2.30. The van der Waals surface area contributed by atoms with E-state index in [0.717, 1.165) is 55.8 Å². The Morgan fingerprint density at radius 2 is 1.92 bits per heavy atom. The van der Waals surface area contributed by atoms with Gasteiger partial charge in [0.2, 0.25) is 0 Å². The molecular weight excluding hydrogens is 314 g/mol. The first-order chi connectivity index (χ1) is 12.1. The van der Waals surface area contributed by atoms with E-state index in [-0.39, 0.29) is 11.7 Å². The molecule has 0 fully saturated rings. The Balaban J connectivity index is 1.46. The number of methoxy groups -OCH3 is 1. The van der Waals surface area contributed by atoms with Gasteiger partial charge in [-0.1, -0.05) is 12.1 Å². The van der Waals surface area contributed by atoms with E-state index < -0.39 is 6.10 Å². The SMILES string of the molecule is COc1ccc2c(c1)CCN(CC1CCc3ccc(O)cc3C1O)C2. The second-order valence-electron chi connectivity index (χ2n) is 7.25. The van der Waals surface area contributed by atoms with Crippen LogP contribution < -0.4 is 4.74 Å². The Hall–Kier alpha value is -2.04. The van der Waals surface area contributed by atoms with Gasteiger partial charge in [-0.15, -0.1) is 0 Å². The number of benzene rings is 2. The molecule has 1 heterocycles. The third kappa shape index (κ3) is 3.24. The van der Waals surface area contributed by atoms with Crippen molar-refractivity contribution in [3.8, 4) is 11.5 Å². The van der Waals surface area contributed by atoms with E-state index in [2.05, 4.69) is 17.0 Å². The molecule has 4 nitrogen and oxygen atoms in total. The van der Waals surface area contributed by atoms with Gasteiger partial charge in [0.15, 0.2) is 0 Å². The van der Waals surface area contributed by atoms with Crippen molar-refractivity contribution in [2.24, 2.45) is 5.92 Å². The number of fused-ring (bicyclic) bond motifs is 2. The third-order valence-electron chi connectivity index (χ3n) is 5.68. The molecule has 0 saturated carbocycles. The van der Waals surface area contributed by atoms with Crippen molar-refractivity contribution in [3.63, 3.8) is 0 Å². The van der Waals surface area contributed by atoms with Crippen LogP contribution in [0.1, 0.15) is 34.8 Å². The molecule has 0 amide bonds. The molecule has 0 radical (unpaired) electrons. The van der Waals surface area contributed by atoms with Gasteiger partial charge in [0.1, 0.15) is 11.5 Å². The number of aliphatic hydroxyl groups is 1. The minimum atomic E-state index is -0.492. The highest BCUT2D eigenvalue weighted by Crippen LogP contribution is 2.37. The van der Waals surface area contributed by atoms with Crippen molar-refractivity contribution in [1.82, 2.24) is 4.90 Å². The molecule has 2 atom stereocenters. The van der Waals surface area contributed by atoms with Gasteiger partial charge in [0, 0.05) is 25.6 Å². The molecule has 0 bridgehead atoms. The van der Waals surface area contributed by atoms with E-state index in [1.807, 2.05) is 12.1 Å². The van der Waals surface area contributed by atoms with Crippen LogP contribution >= 0.6 is 0 Å². The molecule has 2 aromatic rings. The molecule has 132 valence electrons. The van der Waals surface area contributed by atoms with Crippen LogP contribution in [0.5, 0.6) is 11.5 Å². The Morgan fingerprint density at radius 3 is 2.76 bits per heavy atom. The lowest BCUT2D eigenvalue weighted by Gasteiger charge is -2.36. The summed E-state index contributed by atoms with van der Waals surface area (Å²) in [5.41, 5.74) is 4.79. The fourth-order valence-corrected chi connectivity index (χ4v) is 4.23. The zero-order valence-electron chi connectivity index (χ0n) is 14.6. The summed E-state index contributed by atoms with van der Waals surface area (Å²) >= 11 is 0. The Bertz CT molecular complexity index is 774. The quantitative estimate of drug-likeness (QED) is 0.902. The second-order valence-corrected chi connectivity index (χ2v) is 7.25. The molecule has 1 aliphatic heterocycles. The summed E-state index contributed by atoms with van der Waals surface area (Å²) in [7, 11) is 1.71. The average Bonchev–Trinajstić information content (AvgIpc) is 2.64. The fraction of sp³-hybridized carbons (Fsp3) is 0.429. The molecule has 4 heteroatoms. The fourth-order valence-electron chi connectivity index (χ4n) is 4.23. The maximum absolute atomic E-state index is 10.8. The number of aromatic hydroxyl groups is 1. The van der Waals surface area contributed by atoms with E-state index >= 15 is 0 Å². The van der Waals surface area contributed by atoms with Gasteiger partial charge in [-0.2, -0.15) is 0 Å². The topological polar surface area (TPSA) is 52.9 Å². The lowest BCUT2D eigenvalue weighted by Crippen LogP contribution is -2.37. The number of phenolic OH excluding ortho intramolecular Hbond substituents is 1. The van der Waals surface area contributed by atoms with Crippen LogP contribution in [0.2, 0.25) is 0 Å². The number of rotatable bonds is 3. The van der Waals surface area contributed by atoms with Crippen LogP contribution in [-0.4, -0.2) is 35.3 Å². The summed E-state index contributed by atoms with van der Waals surface area (Å²) in [5, 5.41) is 20.5. The van der Waals surface area contributed by atoms with Crippen molar-refractivity contribution >= 4 is 0 Å². The van der Waals surface area contributed by atoms with Gasteiger partial charge >= 0.3 is 0 Å². The summed E-state index contributed by atoms with van der Waals surface area (Å²) in [5.74, 6) is 1.37.